The van der Waals surface area contributed by atoms with Crippen LogP contribution in [0.5, 0.6) is 5.88 Å². The van der Waals surface area contributed by atoms with E-state index in [1.807, 2.05) is 6.07 Å². The highest BCUT2D eigenvalue weighted by atomic mass is 16.5. The Morgan fingerprint density at radius 1 is 1.08 bits per heavy atom. The number of nitrogen functional groups attached to an aromatic ring is 1. The zero-order valence-corrected chi connectivity index (χ0v) is 16.2. The van der Waals surface area contributed by atoms with Gasteiger partial charge in [-0.1, -0.05) is 12.1 Å². The minimum absolute atomic E-state index is 0.394. The number of ether oxygens (including phenoxy) is 1. The van der Waals surface area contributed by atoms with Gasteiger partial charge in [0, 0.05) is 24.2 Å². The Balaban J connectivity index is 2.05. The van der Waals surface area contributed by atoms with Crippen molar-refractivity contribution in [1.29, 1.82) is 0 Å². The fourth-order valence-electron chi connectivity index (χ4n) is 2.94. The number of hydrogen-bond donors (Lipinski definition) is 1. The summed E-state index contributed by atoms with van der Waals surface area (Å²) in [7, 11) is 0. The Kier molecular flexibility index (Phi) is 6.37. The lowest BCUT2D eigenvalue weighted by Gasteiger charge is -2.30. The van der Waals surface area contributed by atoms with Gasteiger partial charge in [-0.05, 0) is 58.7 Å². The maximum absolute atomic E-state index is 6.11. The molecule has 5 nitrogen and oxygen atoms in total. The number of anilines is 1. The van der Waals surface area contributed by atoms with Gasteiger partial charge in [0.1, 0.15) is 12.3 Å². The van der Waals surface area contributed by atoms with Crippen LogP contribution in [-0.2, 0) is 0 Å². The van der Waals surface area contributed by atoms with E-state index in [4.69, 9.17) is 10.5 Å². The fraction of sp³-hybridized carbons (Fsp3) is 0.500. The predicted octanol–water partition coefficient (Wildman–Crippen LogP) is 3.84. The van der Waals surface area contributed by atoms with Crippen LogP contribution in [0, 0.1) is 13.8 Å². The maximum atomic E-state index is 6.11. The zero-order chi connectivity index (χ0) is 18.6. The van der Waals surface area contributed by atoms with Gasteiger partial charge in [0.15, 0.2) is 5.82 Å². The molecule has 136 valence electrons. The van der Waals surface area contributed by atoms with Crippen LogP contribution in [0.1, 0.15) is 38.8 Å². The molecule has 2 aromatic rings. The summed E-state index contributed by atoms with van der Waals surface area (Å²) in [6.45, 7) is 14.3. The highest BCUT2D eigenvalue weighted by Crippen LogP contribution is 2.25. The van der Waals surface area contributed by atoms with E-state index >= 15 is 0 Å². The Labute approximate surface area is 151 Å². The molecule has 0 fully saturated rings. The van der Waals surface area contributed by atoms with E-state index in [2.05, 4.69) is 68.5 Å². The Morgan fingerprint density at radius 2 is 1.76 bits per heavy atom. The maximum Gasteiger partial charge on any atom is 0.234 e. The van der Waals surface area contributed by atoms with Gasteiger partial charge < -0.3 is 10.5 Å². The summed E-state index contributed by atoms with van der Waals surface area (Å²) < 4.78 is 5.76. The van der Waals surface area contributed by atoms with Gasteiger partial charge in [-0.3, -0.25) is 4.90 Å². The second kappa shape index (κ2) is 8.30. The van der Waals surface area contributed by atoms with E-state index < -0.39 is 0 Å². The Morgan fingerprint density at radius 3 is 2.32 bits per heavy atom. The van der Waals surface area contributed by atoms with E-state index in [9.17, 15) is 0 Å². The summed E-state index contributed by atoms with van der Waals surface area (Å²) in [5, 5.41) is 0. The van der Waals surface area contributed by atoms with Gasteiger partial charge in [-0.15, -0.1) is 0 Å². The van der Waals surface area contributed by atoms with Crippen LogP contribution in [0.15, 0.2) is 24.4 Å². The van der Waals surface area contributed by atoms with E-state index in [0.29, 0.717) is 36.1 Å². The molecule has 1 aromatic carbocycles. The molecule has 0 aliphatic carbocycles. The van der Waals surface area contributed by atoms with Gasteiger partial charge >= 0.3 is 0 Å². The number of hydrogen-bond acceptors (Lipinski definition) is 5. The van der Waals surface area contributed by atoms with Crippen molar-refractivity contribution >= 4 is 5.82 Å². The summed E-state index contributed by atoms with van der Waals surface area (Å²) in [5.74, 6) is 0.864. The molecule has 2 rings (SSSR count). The standard InChI is InChI=1S/C20H30N4O/c1-13(2)24(14(3)4)9-10-25-18-12-22-19(20(21)23-18)17-8-7-15(5)16(6)11-17/h7-8,11-14H,9-10H2,1-6H3,(H2,21,23). The number of rotatable bonds is 7. The summed E-state index contributed by atoms with van der Waals surface area (Å²) >= 11 is 0. The topological polar surface area (TPSA) is 64.3 Å². The van der Waals surface area contributed by atoms with Crippen LogP contribution in [0.4, 0.5) is 5.82 Å². The fourth-order valence-corrected chi connectivity index (χ4v) is 2.94. The van der Waals surface area contributed by atoms with E-state index in [1.165, 1.54) is 11.1 Å². The number of nitrogens with zero attached hydrogens (tertiary/aromatic N) is 3. The van der Waals surface area contributed by atoms with Crippen molar-refractivity contribution in [1.82, 2.24) is 14.9 Å². The number of aryl methyl sites for hydroxylation is 2. The molecule has 0 amide bonds. The first-order valence-electron chi connectivity index (χ1n) is 8.88. The minimum Gasteiger partial charge on any atom is -0.475 e. The first kappa shape index (κ1) is 19.2. The first-order valence-corrected chi connectivity index (χ1v) is 8.88. The summed E-state index contributed by atoms with van der Waals surface area (Å²) in [6, 6.07) is 7.13. The molecule has 0 saturated heterocycles. The summed E-state index contributed by atoms with van der Waals surface area (Å²) in [4.78, 5) is 11.2. The SMILES string of the molecule is Cc1ccc(-c2ncc(OCCN(C(C)C)C(C)C)nc2N)cc1C. The van der Waals surface area contributed by atoms with Crippen molar-refractivity contribution in [2.45, 2.75) is 53.6 Å². The Hall–Kier alpha value is -2.14. The van der Waals surface area contributed by atoms with Crippen LogP contribution < -0.4 is 10.5 Å². The number of aromatic nitrogens is 2. The second-order valence-corrected chi connectivity index (χ2v) is 7.01. The first-order chi connectivity index (χ1) is 11.8. The van der Waals surface area contributed by atoms with E-state index in [1.54, 1.807) is 6.20 Å². The van der Waals surface area contributed by atoms with Crippen LogP contribution in [0.3, 0.4) is 0 Å². The van der Waals surface area contributed by atoms with Crippen LogP contribution in [0.2, 0.25) is 0 Å². The van der Waals surface area contributed by atoms with Crippen LogP contribution in [0.25, 0.3) is 11.3 Å². The van der Waals surface area contributed by atoms with Crippen molar-refractivity contribution in [2.24, 2.45) is 0 Å². The lowest BCUT2D eigenvalue weighted by molar-refractivity contribution is 0.140. The quantitative estimate of drug-likeness (QED) is 0.828. The van der Waals surface area contributed by atoms with Gasteiger partial charge in [0.2, 0.25) is 5.88 Å². The van der Waals surface area contributed by atoms with Crippen molar-refractivity contribution in [3.8, 4) is 17.1 Å². The van der Waals surface area contributed by atoms with Gasteiger partial charge in [0.05, 0.1) is 6.20 Å². The molecule has 0 unspecified atom stereocenters. The molecule has 25 heavy (non-hydrogen) atoms. The van der Waals surface area contributed by atoms with E-state index in [0.717, 1.165) is 12.1 Å². The number of nitrogens with two attached hydrogens (primary N) is 1. The minimum atomic E-state index is 0.394. The molecule has 1 aromatic heterocycles. The van der Waals surface area contributed by atoms with Gasteiger partial charge in [0.25, 0.3) is 0 Å². The molecule has 0 radical (unpaired) electrons. The molecule has 0 aliphatic rings. The lowest BCUT2D eigenvalue weighted by Crippen LogP contribution is -2.39. The van der Waals surface area contributed by atoms with Crippen molar-refractivity contribution in [3.05, 3.63) is 35.5 Å². The molecular weight excluding hydrogens is 312 g/mol. The summed E-state index contributed by atoms with van der Waals surface area (Å²) in [6.07, 6.45) is 1.65. The molecule has 1 heterocycles. The molecule has 5 heteroatoms. The molecule has 0 atom stereocenters. The van der Waals surface area contributed by atoms with Crippen molar-refractivity contribution < 1.29 is 4.74 Å². The smallest absolute Gasteiger partial charge is 0.234 e. The monoisotopic (exact) mass is 342 g/mol. The molecule has 0 aliphatic heterocycles. The third-order valence-electron chi connectivity index (χ3n) is 4.48. The third kappa shape index (κ3) is 4.92. The third-order valence-corrected chi connectivity index (χ3v) is 4.48. The normalized spacial score (nSPS) is 11.6. The molecule has 0 spiro atoms. The Bertz CT molecular complexity index is 705. The average Bonchev–Trinajstić information content (AvgIpc) is 2.53. The van der Waals surface area contributed by atoms with E-state index in [-0.39, 0.29) is 0 Å². The van der Waals surface area contributed by atoms with Crippen molar-refractivity contribution in [2.75, 3.05) is 18.9 Å². The molecular formula is C20H30N4O. The average molecular weight is 342 g/mol. The second-order valence-electron chi connectivity index (χ2n) is 7.01. The van der Waals surface area contributed by atoms with Gasteiger partial charge in [-0.2, -0.15) is 4.98 Å². The van der Waals surface area contributed by atoms with Crippen LogP contribution >= 0.6 is 0 Å². The van der Waals surface area contributed by atoms with Crippen LogP contribution in [-0.4, -0.2) is 40.1 Å². The molecule has 0 saturated carbocycles. The largest absolute Gasteiger partial charge is 0.475 e. The molecule has 2 N–H and O–H groups in total. The van der Waals surface area contributed by atoms with Gasteiger partial charge in [-0.25, -0.2) is 4.98 Å². The predicted molar refractivity (Wildman–Crippen MR) is 104 cm³/mol. The van der Waals surface area contributed by atoms with Crippen molar-refractivity contribution in [3.63, 3.8) is 0 Å². The highest BCUT2D eigenvalue weighted by molar-refractivity contribution is 5.70. The zero-order valence-electron chi connectivity index (χ0n) is 16.2. The summed E-state index contributed by atoms with van der Waals surface area (Å²) in [5.41, 5.74) is 10.2. The molecule has 0 bridgehead atoms. The highest BCUT2D eigenvalue weighted by Gasteiger charge is 2.14. The number of benzene rings is 1. The lowest BCUT2D eigenvalue weighted by atomic mass is 10.0.